The van der Waals surface area contributed by atoms with E-state index in [0.717, 1.165) is 26.0 Å². The Bertz CT molecular complexity index is 222. The fourth-order valence-corrected chi connectivity index (χ4v) is 1.06. The van der Waals surface area contributed by atoms with Crippen molar-refractivity contribution in [2.45, 2.75) is 19.4 Å². The Balaban J connectivity index is 2.20. The van der Waals surface area contributed by atoms with Crippen LogP contribution in [0.4, 0.5) is 5.95 Å². The average Bonchev–Trinajstić information content (AvgIpc) is 2.46. The number of imidazole rings is 1. The topological polar surface area (TPSA) is 53.1 Å². The molecule has 0 saturated heterocycles. The van der Waals surface area contributed by atoms with Crippen molar-refractivity contribution in [3.05, 3.63) is 12.4 Å². The Hall–Kier alpha value is -1.03. The number of aromatic nitrogens is 2. The molecule has 1 aromatic rings. The van der Waals surface area contributed by atoms with Crippen molar-refractivity contribution in [1.29, 1.82) is 0 Å². The van der Waals surface area contributed by atoms with Gasteiger partial charge in [0.1, 0.15) is 0 Å². The summed E-state index contributed by atoms with van der Waals surface area (Å²) in [6.07, 6.45) is 5.75. The molecule has 68 valence electrons. The molecular formula is C8H15N3O. The quantitative estimate of drug-likeness (QED) is 0.666. The highest BCUT2D eigenvalue weighted by Gasteiger charge is 1.95. The normalized spacial score (nSPS) is 10.4. The molecule has 12 heavy (non-hydrogen) atoms. The molecule has 0 aliphatic rings. The van der Waals surface area contributed by atoms with E-state index in [1.807, 2.05) is 10.8 Å². The van der Waals surface area contributed by atoms with Crippen LogP contribution in [0.25, 0.3) is 0 Å². The summed E-state index contributed by atoms with van der Waals surface area (Å²) in [5.74, 6) is 0.590. The lowest BCUT2D eigenvalue weighted by Gasteiger charge is -2.03. The molecule has 2 N–H and O–H groups in total. The molecule has 0 aliphatic carbocycles. The molecular weight excluding hydrogens is 154 g/mol. The molecule has 0 spiro atoms. The number of hydrogen-bond acceptors (Lipinski definition) is 3. The van der Waals surface area contributed by atoms with Gasteiger partial charge < -0.3 is 15.0 Å². The summed E-state index contributed by atoms with van der Waals surface area (Å²) in [4.78, 5) is 3.93. The number of rotatable bonds is 5. The SMILES string of the molecule is COCCCCn1ccnc1N. The summed E-state index contributed by atoms with van der Waals surface area (Å²) in [7, 11) is 1.71. The second-order valence-corrected chi connectivity index (χ2v) is 2.68. The third-order valence-corrected chi connectivity index (χ3v) is 1.75. The Morgan fingerprint density at radius 3 is 3.00 bits per heavy atom. The monoisotopic (exact) mass is 169 g/mol. The molecule has 0 aromatic carbocycles. The van der Waals surface area contributed by atoms with Crippen LogP contribution in [0.15, 0.2) is 12.4 Å². The van der Waals surface area contributed by atoms with E-state index in [1.54, 1.807) is 13.3 Å². The highest BCUT2D eigenvalue weighted by atomic mass is 16.5. The summed E-state index contributed by atoms with van der Waals surface area (Å²) in [5.41, 5.74) is 5.58. The third kappa shape index (κ3) is 2.54. The van der Waals surface area contributed by atoms with E-state index in [0.29, 0.717) is 5.95 Å². The van der Waals surface area contributed by atoms with Crippen molar-refractivity contribution in [2.24, 2.45) is 0 Å². The summed E-state index contributed by atoms with van der Waals surface area (Å²) < 4.78 is 6.88. The maximum absolute atomic E-state index is 5.58. The van der Waals surface area contributed by atoms with Crippen LogP contribution in [0, 0.1) is 0 Å². The van der Waals surface area contributed by atoms with Gasteiger partial charge in [-0.05, 0) is 12.8 Å². The number of hydrogen-bond donors (Lipinski definition) is 1. The molecule has 0 bridgehead atoms. The fraction of sp³-hybridized carbons (Fsp3) is 0.625. The van der Waals surface area contributed by atoms with Crippen LogP contribution in [0.3, 0.4) is 0 Å². The number of nitrogens with two attached hydrogens (primary N) is 1. The van der Waals surface area contributed by atoms with Gasteiger partial charge in [-0.2, -0.15) is 0 Å². The minimum Gasteiger partial charge on any atom is -0.385 e. The van der Waals surface area contributed by atoms with Gasteiger partial charge in [0.25, 0.3) is 0 Å². The number of anilines is 1. The number of methoxy groups -OCH3 is 1. The van der Waals surface area contributed by atoms with E-state index in [2.05, 4.69) is 4.98 Å². The standard InChI is InChI=1S/C8H15N3O/c1-12-7-3-2-5-11-6-4-10-8(11)9/h4,6H,2-3,5,7H2,1H3,(H2,9,10). The molecule has 0 radical (unpaired) electrons. The van der Waals surface area contributed by atoms with Crippen molar-refractivity contribution in [3.63, 3.8) is 0 Å². The zero-order chi connectivity index (χ0) is 8.81. The Kier molecular flexibility index (Phi) is 3.60. The van der Waals surface area contributed by atoms with Crippen molar-refractivity contribution in [2.75, 3.05) is 19.5 Å². The van der Waals surface area contributed by atoms with Crippen LogP contribution in [0.1, 0.15) is 12.8 Å². The lowest BCUT2D eigenvalue weighted by atomic mass is 10.3. The van der Waals surface area contributed by atoms with Crippen LogP contribution in [-0.4, -0.2) is 23.3 Å². The maximum Gasteiger partial charge on any atom is 0.200 e. The molecule has 4 nitrogen and oxygen atoms in total. The van der Waals surface area contributed by atoms with Gasteiger partial charge in [-0.15, -0.1) is 0 Å². The minimum atomic E-state index is 0.590. The molecule has 0 unspecified atom stereocenters. The first-order valence-electron chi connectivity index (χ1n) is 4.10. The predicted octanol–water partition coefficient (Wildman–Crippen LogP) is 0.892. The van der Waals surface area contributed by atoms with E-state index in [1.165, 1.54) is 0 Å². The second kappa shape index (κ2) is 4.77. The van der Waals surface area contributed by atoms with Crippen LogP contribution < -0.4 is 5.73 Å². The van der Waals surface area contributed by atoms with E-state index in [4.69, 9.17) is 10.5 Å². The largest absolute Gasteiger partial charge is 0.385 e. The number of nitrogen functional groups attached to an aromatic ring is 1. The maximum atomic E-state index is 5.58. The third-order valence-electron chi connectivity index (χ3n) is 1.75. The van der Waals surface area contributed by atoms with Crippen LogP contribution in [0.2, 0.25) is 0 Å². The van der Waals surface area contributed by atoms with Crippen LogP contribution in [0.5, 0.6) is 0 Å². The molecule has 1 heterocycles. The van der Waals surface area contributed by atoms with Crippen molar-refractivity contribution < 1.29 is 4.74 Å². The molecule has 4 heteroatoms. The Morgan fingerprint density at radius 2 is 2.42 bits per heavy atom. The van der Waals surface area contributed by atoms with Crippen LogP contribution in [-0.2, 0) is 11.3 Å². The van der Waals surface area contributed by atoms with Crippen molar-refractivity contribution >= 4 is 5.95 Å². The molecule has 0 atom stereocenters. The number of aryl methyl sites for hydroxylation is 1. The van der Waals surface area contributed by atoms with E-state index in [-0.39, 0.29) is 0 Å². The van der Waals surface area contributed by atoms with E-state index < -0.39 is 0 Å². The van der Waals surface area contributed by atoms with Gasteiger partial charge in [0, 0.05) is 32.7 Å². The lowest BCUT2D eigenvalue weighted by molar-refractivity contribution is 0.191. The summed E-state index contributed by atoms with van der Waals surface area (Å²) in [5, 5.41) is 0. The first-order valence-corrected chi connectivity index (χ1v) is 4.10. The molecule has 0 amide bonds. The van der Waals surface area contributed by atoms with Gasteiger partial charge in [-0.25, -0.2) is 4.98 Å². The van der Waals surface area contributed by atoms with E-state index >= 15 is 0 Å². The molecule has 0 fully saturated rings. The van der Waals surface area contributed by atoms with Gasteiger partial charge in [0.2, 0.25) is 0 Å². The smallest absolute Gasteiger partial charge is 0.200 e. The van der Waals surface area contributed by atoms with Gasteiger partial charge >= 0.3 is 0 Å². The van der Waals surface area contributed by atoms with E-state index in [9.17, 15) is 0 Å². The average molecular weight is 169 g/mol. The summed E-state index contributed by atoms with van der Waals surface area (Å²) in [6.45, 7) is 1.74. The molecule has 0 aliphatic heterocycles. The van der Waals surface area contributed by atoms with Gasteiger partial charge in [0.05, 0.1) is 0 Å². The number of ether oxygens (including phenoxy) is 1. The molecule has 0 saturated carbocycles. The highest BCUT2D eigenvalue weighted by molar-refractivity contribution is 5.16. The molecule has 1 rings (SSSR count). The Morgan fingerprint density at radius 1 is 1.58 bits per heavy atom. The fourth-order valence-electron chi connectivity index (χ4n) is 1.06. The van der Waals surface area contributed by atoms with Crippen molar-refractivity contribution in [3.8, 4) is 0 Å². The first kappa shape index (κ1) is 9.06. The van der Waals surface area contributed by atoms with Crippen molar-refractivity contribution in [1.82, 2.24) is 9.55 Å². The van der Waals surface area contributed by atoms with Gasteiger partial charge in [0.15, 0.2) is 5.95 Å². The predicted molar refractivity (Wildman–Crippen MR) is 47.7 cm³/mol. The Labute approximate surface area is 72.3 Å². The minimum absolute atomic E-state index is 0.590. The summed E-state index contributed by atoms with van der Waals surface area (Å²) in [6, 6.07) is 0. The number of unbranched alkanes of at least 4 members (excludes halogenated alkanes) is 1. The highest BCUT2D eigenvalue weighted by Crippen LogP contribution is 2.01. The second-order valence-electron chi connectivity index (χ2n) is 2.68. The first-order chi connectivity index (χ1) is 5.84. The van der Waals surface area contributed by atoms with Gasteiger partial charge in [-0.1, -0.05) is 0 Å². The summed E-state index contributed by atoms with van der Waals surface area (Å²) >= 11 is 0. The molecule has 1 aromatic heterocycles. The van der Waals surface area contributed by atoms with Gasteiger partial charge in [-0.3, -0.25) is 0 Å². The zero-order valence-corrected chi connectivity index (χ0v) is 7.36. The van der Waals surface area contributed by atoms with Crippen LogP contribution >= 0.6 is 0 Å². The number of nitrogens with zero attached hydrogens (tertiary/aromatic N) is 2. The lowest BCUT2D eigenvalue weighted by Crippen LogP contribution is -2.03. The zero-order valence-electron chi connectivity index (χ0n) is 7.36.